The Kier molecular flexibility index (Phi) is 3.58. The number of aryl methyl sites for hydroxylation is 1. The van der Waals surface area contributed by atoms with Gasteiger partial charge in [0.05, 0.1) is 11.6 Å². The maximum atomic E-state index is 13.6. The van der Waals surface area contributed by atoms with Gasteiger partial charge in [-0.15, -0.1) is 0 Å². The molecule has 0 radical (unpaired) electrons. The third-order valence-electron chi connectivity index (χ3n) is 5.58. The molecule has 1 N–H and O–H groups in total. The maximum absolute atomic E-state index is 13.6. The third kappa shape index (κ3) is 2.78. The molecule has 1 heterocycles. The van der Waals surface area contributed by atoms with E-state index >= 15 is 0 Å². The molecule has 24 heavy (non-hydrogen) atoms. The number of carbonyl (C=O) groups is 1. The molecule has 3 saturated carbocycles. The van der Waals surface area contributed by atoms with Crippen molar-refractivity contribution in [3.05, 3.63) is 11.3 Å². The number of anilines is 1. The van der Waals surface area contributed by atoms with Gasteiger partial charge in [-0.3, -0.25) is 10.00 Å². The molecule has 0 aliphatic heterocycles. The van der Waals surface area contributed by atoms with Crippen LogP contribution in [0.4, 0.5) is 19.4 Å². The van der Waals surface area contributed by atoms with Gasteiger partial charge in [0.2, 0.25) is 0 Å². The Morgan fingerprint density at radius 1 is 1.38 bits per heavy atom. The number of carbonyl (C=O) groups excluding carboxylic acids is 1. The molecule has 5 nitrogen and oxygen atoms in total. The largest absolute Gasteiger partial charge is 0.446 e. The minimum absolute atomic E-state index is 0.113. The van der Waals surface area contributed by atoms with Crippen molar-refractivity contribution in [3.8, 4) is 0 Å². The predicted octanol–water partition coefficient (Wildman–Crippen LogP) is 4.16. The molecule has 0 bridgehead atoms. The van der Waals surface area contributed by atoms with E-state index in [0.717, 1.165) is 37.7 Å². The third-order valence-corrected chi connectivity index (χ3v) is 5.58. The fraction of sp³-hybridized carbons (Fsp3) is 0.765. The second-order valence-electron chi connectivity index (χ2n) is 7.49. The van der Waals surface area contributed by atoms with Crippen LogP contribution >= 0.6 is 0 Å². The predicted molar refractivity (Wildman–Crippen MR) is 84.4 cm³/mol. The number of rotatable bonds is 5. The van der Waals surface area contributed by atoms with Gasteiger partial charge in [-0.1, -0.05) is 6.42 Å². The highest BCUT2D eigenvalue weighted by Crippen LogP contribution is 2.58. The Morgan fingerprint density at radius 2 is 2.04 bits per heavy atom. The lowest BCUT2D eigenvalue weighted by atomic mass is 9.79. The van der Waals surface area contributed by atoms with Crippen molar-refractivity contribution in [3.63, 3.8) is 0 Å². The second kappa shape index (κ2) is 5.43. The molecule has 3 aliphatic carbocycles. The lowest BCUT2D eigenvalue weighted by molar-refractivity contribution is 0.108. The van der Waals surface area contributed by atoms with Crippen LogP contribution in [0.2, 0.25) is 0 Å². The standard InChI is InChI=1S/C17H23F2N3O2/c1-9(10-6-7-10)24-16(23)20-15-13(11-4-3-5-11)14(21-22(15)2)12-8-17(12,18)19/h9-12H,3-8H2,1-2H3,(H,20,23)/t9-,12?/m0/s1. The number of alkyl halides is 2. The topological polar surface area (TPSA) is 56.1 Å². The molecule has 4 rings (SSSR count). The van der Waals surface area contributed by atoms with Crippen molar-refractivity contribution in [2.24, 2.45) is 13.0 Å². The van der Waals surface area contributed by atoms with Gasteiger partial charge in [0.15, 0.2) is 0 Å². The molecule has 3 aliphatic rings. The monoisotopic (exact) mass is 339 g/mol. The lowest BCUT2D eigenvalue weighted by Gasteiger charge is -2.27. The Labute approximate surface area is 139 Å². The number of aromatic nitrogens is 2. The van der Waals surface area contributed by atoms with Crippen molar-refractivity contribution in [2.75, 3.05) is 5.32 Å². The van der Waals surface area contributed by atoms with Crippen molar-refractivity contribution in [1.29, 1.82) is 0 Å². The molecule has 0 saturated heterocycles. The summed E-state index contributed by atoms with van der Waals surface area (Å²) in [5, 5.41) is 7.08. The van der Waals surface area contributed by atoms with Gasteiger partial charge in [-0.2, -0.15) is 5.10 Å². The first kappa shape index (κ1) is 15.8. The van der Waals surface area contributed by atoms with Crippen LogP contribution < -0.4 is 5.32 Å². The van der Waals surface area contributed by atoms with Crippen LogP contribution in [-0.4, -0.2) is 27.9 Å². The number of ether oxygens (including phenoxy) is 1. The summed E-state index contributed by atoms with van der Waals surface area (Å²) in [7, 11) is 1.69. The molecule has 1 unspecified atom stereocenters. The Balaban J connectivity index is 1.56. The lowest BCUT2D eigenvalue weighted by Crippen LogP contribution is -2.24. The molecule has 0 aromatic carbocycles. The van der Waals surface area contributed by atoms with Crippen LogP contribution in [0.5, 0.6) is 0 Å². The summed E-state index contributed by atoms with van der Waals surface area (Å²) in [6.45, 7) is 1.89. The van der Waals surface area contributed by atoms with E-state index in [1.807, 2.05) is 6.92 Å². The van der Waals surface area contributed by atoms with Gasteiger partial charge in [0.1, 0.15) is 11.9 Å². The summed E-state index contributed by atoms with van der Waals surface area (Å²) in [6.07, 6.45) is 4.40. The second-order valence-corrected chi connectivity index (χ2v) is 7.49. The van der Waals surface area contributed by atoms with Crippen molar-refractivity contribution >= 4 is 11.9 Å². The first-order valence-corrected chi connectivity index (χ1v) is 8.79. The number of amides is 1. The maximum Gasteiger partial charge on any atom is 0.413 e. The van der Waals surface area contributed by atoms with Gasteiger partial charge in [-0.05, 0) is 44.4 Å². The van der Waals surface area contributed by atoms with E-state index in [0.29, 0.717) is 17.4 Å². The fourth-order valence-electron chi connectivity index (χ4n) is 3.53. The molecule has 2 atom stereocenters. The van der Waals surface area contributed by atoms with Crippen LogP contribution in [-0.2, 0) is 11.8 Å². The Bertz CT molecular complexity index is 665. The first-order chi connectivity index (χ1) is 11.4. The first-order valence-electron chi connectivity index (χ1n) is 8.79. The van der Waals surface area contributed by atoms with Gasteiger partial charge in [0, 0.05) is 19.0 Å². The van der Waals surface area contributed by atoms with E-state index in [2.05, 4.69) is 10.4 Å². The van der Waals surface area contributed by atoms with Crippen LogP contribution in [0.1, 0.15) is 68.5 Å². The molecule has 1 amide bonds. The SMILES string of the molecule is C[C@H](OC(=O)Nc1c(C2CCC2)c(C2CC2(F)F)nn1C)C1CC1. The number of hydrogen-bond acceptors (Lipinski definition) is 3. The normalized spacial score (nSPS) is 26.6. The minimum atomic E-state index is -2.66. The van der Waals surface area contributed by atoms with Crippen molar-refractivity contribution in [1.82, 2.24) is 9.78 Å². The zero-order valence-corrected chi connectivity index (χ0v) is 14.0. The molecule has 1 aromatic rings. The van der Waals surface area contributed by atoms with Crippen LogP contribution in [0.3, 0.4) is 0 Å². The summed E-state index contributed by atoms with van der Waals surface area (Å²) in [6, 6.07) is 0. The molecule has 0 spiro atoms. The number of nitrogens with one attached hydrogen (secondary N) is 1. The minimum Gasteiger partial charge on any atom is -0.446 e. The van der Waals surface area contributed by atoms with Gasteiger partial charge >= 0.3 is 6.09 Å². The highest BCUT2D eigenvalue weighted by atomic mass is 19.3. The van der Waals surface area contributed by atoms with Crippen molar-refractivity contribution < 1.29 is 18.3 Å². The smallest absolute Gasteiger partial charge is 0.413 e. The Morgan fingerprint density at radius 3 is 2.54 bits per heavy atom. The zero-order valence-electron chi connectivity index (χ0n) is 14.0. The van der Waals surface area contributed by atoms with E-state index in [4.69, 9.17) is 4.74 Å². The van der Waals surface area contributed by atoms with E-state index in [1.54, 1.807) is 7.05 Å². The van der Waals surface area contributed by atoms with Crippen LogP contribution in [0, 0.1) is 5.92 Å². The molecular formula is C17H23F2N3O2. The van der Waals surface area contributed by atoms with Gasteiger partial charge in [0.25, 0.3) is 5.92 Å². The van der Waals surface area contributed by atoms with E-state index in [-0.39, 0.29) is 18.4 Å². The summed E-state index contributed by atoms with van der Waals surface area (Å²) in [5.74, 6) is -2.29. The summed E-state index contributed by atoms with van der Waals surface area (Å²) in [4.78, 5) is 12.2. The summed E-state index contributed by atoms with van der Waals surface area (Å²) in [5.41, 5.74) is 1.25. The number of hydrogen-bond donors (Lipinski definition) is 1. The zero-order chi connectivity index (χ0) is 17.1. The highest BCUT2D eigenvalue weighted by Gasteiger charge is 2.60. The van der Waals surface area contributed by atoms with Crippen molar-refractivity contribution in [2.45, 2.75) is 69.3 Å². The van der Waals surface area contributed by atoms with E-state index in [9.17, 15) is 13.6 Å². The highest BCUT2D eigenvalue weighted by molar-refractivity contribution is 5.85. The van der Waals surface area contributed by atoms with Crippen LogP contribution in [0.15, 0.2) is 0 Å². The van der Waals surface area contributed by atoms with Gasteiger partial charge < -0.3 is 4.74 Å². The summed E-state index contributed by atoms with van der Waals surface area (Å²) < 4.78 is 34.0. The molecule has 7 heteroatoms. The van der Waals surface area contributed by atoms with Crippen LogP contribution in [0.25, 0.3) is 0 Å². The Hall–Kier alpha value is -1.66. The average molecular weight is 339 g/mol. The summed E-state index contributed by atoms with van der Waals surface area (Å²) >= 11 is 0. The van der Waals surface area contributed by atoms with Gasteiger partial charge in [-0.25, -0.2) is 13.6 Å². The molecule has 3 fully saturated rings. The van der Waals surface area contributed by atoms with E-state index < -0.39 is 17.9 Å². The fourth-order valence-corrected chi connectivity index (χ4v) is 3.53. The van der Waals surface area contributed by atoms with E-state index in [1.165, 1.54) is 4.68 Å². The molecular weight excluding hydrogens is 316 g/mol. The average Bonchev–Trinajstić information content (AvgIpc) is 3.33. The quantitative estimate of drug-likeness (QED) is 0.876. The molecule has 132 valence electrons. The molecule has 1 aromatic heterocycles. The number of halogens is 2. The number of nitrogens with zero attached hydrogens (tertiary/aromatic N) is 2.